The third kappa shape index (κ3) is 2.85. The largest absolute Gasteiger partial charge is 0.463 e. The van der Waals surface area contributed by atoms with E-state index in [2.05, 4.69) is 6.92 Å². The molecule has 0 saturated heterocycles. The zero-order valence-electron chi connectivity index (χ0n) is 17.8. The topological polar surface area (TPSA) is 101 Å². The second-order valence-electron chi connectivity index (χ2n) is 10.6. The quantitative estimate of drug-likeness (QED) is 0.698. The molecule has 162 valence electrons. The van der Waals surface area contributed by atoms with Crippen LogP contribution in [0.2, 0.25) is 0 Å². The molecule has 2 N–H and O–H groups in total. The predicted molar refractivity (Wildman–Crippen MR) is 105 cm³/mol. The van der Waals surface area contributed by atoms with Crippen molar-refractivity contribution < 1.29 is 29.3 Å². The van der Waals surface area contributed by atoms with Crippen LogP contribution in [0.4, 0.5) is 0 Å². The lowest BCUT2D eigenvalue weighted by Crippen LogP contribution is -2.62. The second-order valence-corrected chi connectivity index (χ2v) is 10.6. The van der Waals surface area contributed by atoms with Crippen LogP contribution in [0.25, 0.3) is 0 Å². The molecule has 4 aliphatic carbocycles. The van der Waals surface area contributed by atoms with Gasteiger partial charge in [-0.2, -0.15) is 0 Å². The van der Waals surface area contributed by atoms with Crippen LogP contribution in [0.5, 0.6) is 0 Å². The maximum absolute atomic E-state index is 13.5. The number of carbonyl (C=O) groups excluding carboxylic acids is 3. The maximum Gasteiger partial charge on any atom is 0.302 e. The molecule has 4 aliphatic rings. The lowest BCUT2D eigenvalue weighted by molar-refractivity contribution is -0.182. The summed E-state index contributed by atoms with van der Waals surface area (Å²) in [6.45, 7) is 4.89. The van der Waals surface area contributed by atoms with Crippen molar-refractivity contribution in [3.05, 3.63) is 0 Å². The molecule has 0 aromatic carbocycles. The number of hydrogen-bond donors (Lipinski definition) is 2. The fourth-order valence-electron chi connectivity index (χ4n) is 7.97. The lowest BCUT2D eigenvalue weighted by atomic mass is 9.44. The van der Waals surface area contributed by atoms with Crippen molar-refractivity contribution in [2.75, 3.05) is 6.61 Å². The fourth-order valence-corrected chi connectivity index (χ4v) is 7.97. The molecule has 0 aromatic heterocycles. The van der Waals surface area contributed by atoms with E-state index in [0.717, 1.165) is 38.5 Å². The first kappa shape index (κ1) is 21.0. The van der Waals surface area contributed by atoms with Gasteiger partial charge in [-0.3, -0.25) is 14.4 Å². The Balaban J connectivity index is 1.62. The molecule has 6 nitrogen and oxygen atoms in total. The molecule has 4 rings (SSSR count). The Labute approximate surface area is 172 Å². The van der Waals surface area contributed by atoms with Crippen molar-refractivity contribution in [1.82, 2.24) is 0 Å². The monoisotopic (exact) mass is 406 g/mol. The van der Waals surface area contributed by atoms with Gasteiger partial charge in [0.1, 0.15) is 24.1 Å². The molecule has 0 spiro atoms. The molecular formula is C23H34O6. The normalized spacial score (nSPS) is 49.0. The Morgan fingerprint density at radius 3 is 2.52 bits per heavy atom. The zero-order chi connectivity index (χ0) is 21.2. The Kier molecular flexibility index (Phi) is 4.97. The SMILES string of the molecule is CC(=O)O[C@@H]1CC[C@@]2(C)[C@H](CC[C@H]3[C@H]4CC[C@](O)(C(=O)CO)[C@@]4(C)CC(=O)[C@@H]32)C1. The van der Waals surface area contributed by atoms with E-state index in [4.69, 9.17) is 4.74 Å². The van der Waals surface area contributed by atoms with Crippen molar-refractivity contribution >= 4 is 17.5 Å². The van der Waals surface area contributed by atoms with Crippen LogP contribution in [0, 0.1) is 34.5 Å². The van der Waals surface area contributed by atoms with Gasteiger partial charge < -0.3 is 14.9 Å². The smallest absolute Gasteiger partial charge is 0.302 e. The summed E-state index contributed by atoms with van der Waals surface area (Å²) < 4.78 is 5.48. The molecule has 0 aliphatic heterocycles. The Hall–Kier alpha value is -1.27. The van der Waals surface area contributed by atoms with E-state index in [1.54, 1.807) is 0 Å². The van der Waals surface area contributed by atoms with Gasteiger partial charge >= 0.3 is 5.97 Å². The van der Waals surface area contributed by atoms with Gasteiger partial charge in [-0.05, 0) is 68.1 Å². The van der Waals surface area contributed by atoms with Crippen molar-refractivity contribution in [2.45, 2.75) is 83.8 Å². The number of aliphatic hydroxyl groups excluding tert-OH is 1. The number of hydrogen-bond acceptors (Lipinski definition) is 6. The second kappa shape index (κ2) is 6.88. The molecule has 4 fully saturated rings. The van der Waals surface area contributed by atoms with Crippen LogP contribution in [-0.2, 0) is 19.1 Å². The van der Waals surface area contributed by atoms with Gasteiger partial charge in [-0.1, -0.05) is 13.8 Å². The van der Waals surface area contributed by atoms with Gasteiger partial charge in [0.05, 0.1) is 0 Å². The van der Waals surface area contributed by atoms with E-state index in [9.17, 15) is 24.6 Å². The molecule has 0 amide bonds. The van der Waals surface area contributed by atoms with Crippen LogP contribution in [0.15, 0.2) is 0 Å². The standard InChI is InChI=1S/C23H34O6/c1-13(25)29-15-6-8-21(2)14(10-15)4-5-16-17-7-9-23(28,19(27)12-24)22(17,3)11-18(26)20(16)21/h14-17,20,24,28H,4-12H2,1-3H3/t14-,15-,16+,17-,20-,21+,22+,23+/m1/s1. The summed E-state index contributed by atoms with van der Waals surface area (Å²) in [5.74, 6) is -0.0225. The number of esters is 1. The number of carbonyl (C=O) groups is 3. The van der Waals surface area contributed by atoms with Gasteiger partial charge in [0.25, 0.3) is 0 Å². The molecule has 29 heavy (non-hydrogen) atoms. The molecular weight excluding hydrogens is 372 g/mol. The number of Topliss-reactive ketones (excluding diaryl/α,β-unsaturated/α-hetero) is 2. The molecule has 0 heterocycles. The highest BCUT2D eigenvalue weighted by Gasteiger charge is 2.68. The predicted octanol–water partition coefficient (Wildman–Crippen LogP) is 2.43. The maximum atomic E-state index is 13.5. The van der Waals surface area contributed by atoms with Gasteiger partial charge in [0.15, 0.2) is 5.78 Å². The molecule has 0 radical (unpaired) electrons. The van der Waals surface area contributed by atoms with Crippen molar-refractivity contribution in [3.63, 3.8) is 0 Å². The number of ether oxygens (including phenoxy) is 1. The highest BCUT2D eigenvalue weighted by Crippen LogP contribution is 2.67. The van der Waals surface area contributed by atoms with Crippen molar-refractivity contribution in [1.29, 1.82) is 0 Å². The third-order valence-corrected chi connectivity index (χ3v) is 9.40. The van der Waals surface area contributed by atoms with Gasteiger partial charge in [-0.25, -0.2) is 0 Å². The summed E-state index contributed by atoms with van der Waals surface area (Å²) in [5.41, 5.74) is -2.50. The summed E-state index contributed by atoms with van der Waals surface area (Å²) in [4.78, 5) is 37.3. The lowest BCUT2D eigenvalue weighted by Gasteiger charge is -2.60. The Bertz CT molecular complexity index is 733. The van der Waals surface area contributed by atoms with Gasteiger partial charge in [0, 0.05) is 24.7 Å². The van der Waals surface area contributed by atoms with Crippen LogP contribution >= 0.6 is 0 Å². The zero-order valence-corrected chi connectivity index (χ0v) is 17.8. The minimum atomic E-state index is -1.60. The Morgan fingerprint density at radius 1 is 1.14 bits per heavy atom. The molecule has 6 heteroatoms. The van der Waals surface area contributed by atoms with E-state index >= 15 is 0 Å². The fraction of sp³-hybridized carbons (Fsp3) is 0.870. The number of rotatable bonds is 3. The van der Waals surface area contributed by atoms with Crippen molar-refractivity contribution in [2.24, 2.45) is 34.5 Å². The van der Waals surface area contributed by atoms with E-state index in [1.807, 2.05) is 6.92 Å². The van der Waals surface area contributed by atoms with Crippen LogP contribution < -0.4 is 0 Å². The highest BCUT2D eigenvalue weighted by atomic mass is 16.5. The van der Waals surface area contributed by atoms with Gasteiger partial charge in [0.2, 0.25) is 0 Å². The van der Waals surface area contributed by atoms with E-state index in [1.165, 1.54) is 6.92 Å². The third-order valence-electron chi connectivity index (χ3n) is 9.40. The molecule has 0 unspecified atom stereocenters. The highest BCUT2D eigenvalue weighted by molar-refractivity contribution is 5.92. The molecule has 8 atom stereocenters. The van der Waals surface area contributed by atoms with E-state index in [0.29, 0.717) is 12.3 Å². The van der Waals surface area contributed by atoms with Crippen LogP contribution in [-0.4, -0.2) is 46.1 Å². The molecule has 0 bridgehead atoms. The molecule has 4 saturated carbocycles. The first-order valence-electron chi connectivity index (χ1n) is 11.1. The van der Waals surface area contributed by atoms with Crippen molar-refractivity contribution in [3.8, 4) is 0 Å². The van der Waals surface area contributed by atoms with E-state index in [-0.39, 0.29) is 47.4 Å². The number of ketones is 2. The first-order chi connectivity index (χ1) is 13.6. The minimum absolute atomic E-state index is 0.0511. The average Bonchev–Trinajstić information content (AvgIpc) is 2.92. The first-order valence-corrected chi connectivity index (χ1v) is 11.1. The van der Waals surface area contributed by atoms with Crippen LogP contribution in [0.1, 0.15) is 72.1 Å². The van der Waals surface area contributed by atoms with Gasteiger partial charge in [-0.15, -0.1) is 0 Å². The van der Waals surface area contributed by atoms with Crippen LogP contribution in [0.3, 0.4) is 0 Å². The summed E-state index contributed by atoms with van der Waals surface area (Å²) in [6.07, 6.45) is 5.59. The Morgan fingerprint density at radius 2 is 1.86 bits per heavy atom. The van der Waals surface area contributed by atoms with E-state index < -0.39 is 23.4 Å². The molecule has 0 aromatic rings. The average molecular weight is 407 g/mol. The summed E-state index contributed by atoms with van der Waals surface area (Å²) in [5, 5.41) is 20.6. The summed E-state index contributed by atoms with van der Waals surface area (Å²) >= 11 is 0. The minimum Gasteiger partial charge on any atom is -0.463 e. The number of fused-ring (bicyclic) bond motifs is 5. The number of aliphatic hydroxyl groups is 2. The summed E-state index contributed by atoms with van der Waals surface area (Å²) in [6, 6.07) is 0. The summed E-state index contributed by atoms with van der Waals surface area (Å²) in [7, 11) is 0.